The number of methoxy groups -OCH3 is 1. The van der Waals surface area contributed by atoms with Crippen molar-refractivity contribution in [2.45, 2.75) is 45.8 Å². The van der Waals surface area contributed by atoms with Gasteiger partial charge in [-0.1, -0.05) is 13.8 Å². The predicted molar refractivity (Wildman–Crippen MR) is 90.8 cm³/mol. The first-order valence-corrected chi connectivity index (χ1v) is 8.30. The molecule has 0 N–H and O–H groups in total. The van der Waals surface area contributed by atoms with Crippen LogP contribution in [0.2, 0.25) is 0 Å². The minimum absolute atomic E-state index is 0.0219. The average molecular weight is 349 g/mol. The summed E-state index contributed by atoms with van der Waals surface area (Å²) in [4.78, 5) is 12.3. The van der Waals surface area contributed by atoms with Gasteiger partial charge in [-0.05, 0) is 30.7 Å². The molecule has 2 unspecified atom stereocenters. The van der Waals surface area contributed by atoms with Crippen LogP contribution in [-0.2, 0) is 0 Å². The number of ether oxygens (including phenoxy) is 2. The molecule has 3 rings (SSSR count). The topological polar surface area (TPSA) is 40.5 Å². The number of alkyl halides is 2. The summed E-state index contributed by atoms with van der Waals surface area (Å²) in [5.41, 5.74) is 3.07. The van der Waals surface area contributed by atoms with Crippen LogP contribution in [0.5, 0.6) is 11.5 Å². The lowest BCUT2D eigenvalue weighted by Gasteiger charge is -2.33. The van der Waals surface area contributed by atoms with Gasteiger partial charge in [0.1, 0.15) is 0 Å². The van der Waals surface area contributed by atoms with Gasteiger partial charge in [0.2, 0.25) is 0 Å². The summed E-state index contributed by atoms with van der Waals surface area (Å²) in [5, 5.41) is 0. The fourth-order valence-corrected chi connectivity index (χ4v) is 3.49. The van der Waals surface area contributed by atoms with Gasteiger partial charge in [-0.2, -0.15) is 8.78 Å². The van der Waals surface area contributed by atoms with Gasteiger partial charge in [0, 0.05) is 35.7 Å². The normalized spacial score (nSPS) is 18.7. The number of rotatable bonds is 5. The second-order valence-electron chi connectivity index (χ2n) is 6.26. The number of carbonyl (C=O) groups is 1. The van der Waals surface area contributed by atoms with Crippen molar-refractivity contribution in [1.82, 2.24) is 4.57 Å². The van der Waals surface area contributed by atoms with Crippen molar-refractivity contribution in [3.8, 4) is 22.8 Å². The maximum Gasteiger partial charge on any atom is 0.387 e. The van der Waals surface area contributed by atoms with E-state index in [2.05, 4.69) is 18.6 Å². The van der Waals surface area contributed by atoms with E-state index in [1.807, 2.05) is 17.7 Å². The molecule has 0 spiro atoms. The zero-order valence-corrected chi connectivity index (χ0v) is 14.7. The standard InChI is InChI=1S/C19H21F2NO3/c1-5-15(23)12-6-7-22-11(3)10(2)13-8-16(24-4)17(25-19(20)21)9-14(13)18(12)22/h6-11,19H,5H2,1-4H3. The first kappa shape index (κ1) is 17.5. The van der Waals surface area contributed by atoms with E-state index < -0.39 is 6.61 Å². The molecule has 0 fully saturated rings. The van der Waals surface area contributed by atoms with E-state index >= 15 is 0 Å². The van der Waals surface area contributed by atoms with Crippen molar-refractivity contribution < 1.29 is 23.0 Å². The van der Waals surface area contributed by atoms with E-state index in [1.165, 1.54) is 7.11 Å². The minimum atomic E-state index is -2.95. The van der Waals surface area contributed by atoms with Crippen LogP contribution in [0.25, 0.3) is 11.3 Å². The van der Waals surface area contributed by atoms with Crippen molar-refractivity contribution in [3.05, 3.63) is 35.5 Å². The summed E-state index contributed by atoms with van der Waals surface area (Å²) < 4.78 is 37.4. The third-order valence-electron chi connectivity index (χ3n) is 5.00. The third kappa shape index (κ3) is 2.79. The Bertz CT molecular complexity index is 813. The highest BCUT2D eigenvalue weighted by Gasteiger charge is 2.32. The first-order chi connectivity index (χ1) is 11.9. The molecule has 0 saturated carbocycles. The van der Waals surface area contributed by atoms with Crippen LogP contribution in [0.15, 0.2) is 24.4 Å². The number of fused-ring (bicyclic) bond motifs is 3. The van der Waals surface area contributed by atoms with Gasteiger partial charge in [-0.15, -0.1) is 0 Å². The molecule has 4 nitrogen and oxygen atoms in total. The van der Waals surface area contributed by atoms with Gasteiger partial charge in [0.05, 0.1) is 12.8 Å². The number of ketones is 1. The lowest BCUT2D eigenvalue weighted by molar-refractivity contribution is -0.0512. The Morgan fingerprint density at radius 2 is 2.00 bits per heavy atom. The number of Topliss-reactive ketones (excluding diaryl/α,β-unsaturated/α-hetero) is 1. The summed E-state index contributed by atoms with van der Waals surface area (Å²) in [6.07, 6.45) is 2.27. The molecule has 1 aliphatic heterocycles. The molecule has 1 aromatic heterocycles. The molecule has 1 aromatic carbocycles. The zero-order valence-electron chi connectivity index (χ0n) is 14.7. The van der Waals surface area contributed by atoms with Crippen LogP contribution in [0.3, 0.4) is 0 Å². The Labute approximate surface area is 145 Å². The lowest BCUT2D eigenvalue weighted by atomic mass is 9.84. The molecular formula is C19H21F2NO3. The fourth-order valence-electron chi connectivity index (χ4n) is 3.49. The monoisotopic (exact) mass is 349 g/mol. The number of nitrogens with zero attached hydrogens (tertiary/aromatic N) is 1. The van der Waals surface area contributed by atoms with Crippen LogP contribution in [0.4, 0.5) is 8.78 Å². The molecule has 2 heterocycles. The first-order valence-electron chi connectivity index (χ1n) is 8.30. The van der Waals surface area contributed by atoms with Crippen LogP contribution in [0, 0.1) is 0 Å². The molecule has 6 heteroatoms. The smallest absolute Gasteiger partial charge is 0.387 e. The van der Waals surface area contributed by atoms with Gasteiger partial charge in [0.25, 0.3) is 0 Å². The van der Waals surface area contributed by atoms with E-state index in [-0.39, 0.29) is 29.2 Å². The van der Waals surface area contributed by atoms with Gasteiger partial charge in [0.15, 0.2) is 17.3 Å². The van der Waals surface area contributed by atoms with Crippen molar-refractivity contribution in [2.24, 2.45) is 0 Å². The van der Waals surface area contributed by atoms with E-state index in [0.29, 0.717) is 12.0 Å². The second kappa shape index (κ2) is 6.50. The molecule has 0 saturated heterocycles. The van der Waals surface area contributed by atoms with Crippen LogP contribution in [0.1, 0.15) is 55.1 Å². The van der Waals surface area contributed by atoms with E-state index in [9.17, 15) is 13.6 Å². The number of benzene rings is 1. The van der Waals surface area contributed by atoms with Gasteiger partial charge < -0.3 is 14.0 Å². The Balaban J connectivity index is 2.26. The molecule has 25 heavy (non-hydrogen) atoms. The zero-order chi connectivity index (χ0) is 18.3. The van der Waals surface area contributed by atoms with Crippen LogP contribution < -0.4 is 9.47 Å². The molecule has 134 valence electrons. The number of carbonyl (C=O) groups excluding carboxylic acids is 1. The summed E-state index contributed by atoms with van der Waals surface area (Å²) in [6, 6.07) is 5.23. The van der Waals surface area contributed by atoms with Crippen LogP contribution >= 0.6 is 0 Å². The predicted octanol–water partition coefficient (Wildman–Crippen LogP) is 5.04. The molecule has 0 amide bonds. The summed E-state index contributed by atoms with van der Waals surface area (Å²) >= 11 is 0. The van der Waals surface area contributed by atoms with Crippen molar-refractivity contribution in [1.29, 1.82) is 0 Å². The number of hydrogen-bond acceptors (Lipinski definition) is 3. The van der Waals surface area contributed by atoms with Crippen molar-refractivity contribution in [2.75, 3.05) is 7.11 Å². The SMILES string of the molecule is CCC(=O)c1ccn2c1-c1cc(OC(F)F)c(OC)cc1C(C)C2C. The van der Waals surface area contributed by atoms with Crippen molar-refractivity contribution >= 4 is 5.78 Å². The molecule has 0 bridgehead atoms. The molecule has 0 aliphatic carbocycles. The maximum absolute atomic E-state index is 12.8. The van der Waals surface area contributed by atoms with Gasteiger partial charge in [-0.3, -0.25) is 4.79 Å². The Kier molecular flexibility index (Phi) is 4.54. The van der Waals surface area contributed by atoms with Gasteiger partial charge in [-0.25, -0.2) is 0 Å². The van der Waals surface area contributed by atoms with Gasteiger partial charge >= 0.3 is 6.61 Å². The average Bonchev–Trinajstić information content (AvgIpc) is 3.03. The summed E-state index contributed by atoms with van der Waals surface area (Å²) in [6.45, 7) is 3.01. The molecule has 2 aromatic rings. The molecular weight excluding hydrogens is 328 g/mol. The quantitative estimate of drug-likeness (QED) is 0.710. The van der Waals surface area contributed by atoms with Crippen LogP contribution in [-0.4, -0.2) is 24.1 Å². The Morgan fingerprint density at radius 1 is 1.28 bits per heavy atom. The highest BCUT2D eigenvalue weighted by atomic mass is 19.3. The fraction of sp³-hybridized carbons (Fsp3) is 0.421. The van der Waals surface area contributed by atoms with E-state index in [4.69, 9.17) is 4.74 Å². The second-order valence-corrected chi connectivity index (χ2v) is 6.26. The Morgan fingerprint density at radius 3 is 2.60 bits per heavy atom. The number of halogens is 2. The lowest BCUT2D eigenvalue weighted by Crippen LogP contribution is -2.20. The number of aromatic nitrogens is 1. The molecule has 1 aliphatic rings. The summed E-state index contributed by atoms with van der Waals surface area (Å²) in [5.74, 6) is 0.393. The highest BCUT2D eigenvalue weighted by Crippen LogP contribution is 2.48. The third-order valence-corrected chi connectivity index (χ3v) is 5.00. The molecule has 0 radical (unpaired) electrons. The highest BCUT2D eigenvalue weighted by molar-refractivity contribution is 6.02. The minimum Gasteiger partial charge on any atom is -0.493 e. The molecule has 2 atom stereocenters. The van der Waals surface area contributed by atoms with Crippen molar-refractivity contribution in [3.63, 3.8) is 0 Å². The van der Waals surface area contributed by atoms with E-state index in [1.54, 1.807) is 18.2 Å². The maximum atomic E-state index is 12.8. The number of hydrogen-bond donors (Lipinski definition) is 0. The van der Waals surface area contributed by atoms with E-state index in [0.717, 1.165) is 16.8 Å². The summed E-state index contributed by atoms with van der Waals surface area (Å²) in [7, 11) is 1.42. The largest absolute Gasteiger partial charge is 0.493 e. The Hall–Kier alpha value is -2.37.